The van der Waals surface area contributed by atoms with E-state index >= 15 is 0 Å². The molecular weight excluding hydrogens is 237 g/mol. The third kappa shape index (κ3) is 2.23. The molecule has 7 heteroatoms. The van der Waals surface area contributed by atoms with Crippen molar-refractivity contribution in [3.05, 3.63) is 0 Å². The fraction of sp³-hybridized carbons (Fsp3) is 0.800. The van der Waals surface area contributed by atoms with Crippen molar-refractivity contribution < 1.29 is 22.8 Å². The summed E-state index contributed by atoms with van der Waals surface area (Å²) in [6.45, 7) is -0.137. The number of carbonyl (C=O) groups is 2. The van der Waals surface area contributed by atoms with Gasteiger partial charge in [0.15, 0.2) is 0 Å². The normalized spacial score (nSPS) is 32.2. The predicted octanol–water partition coefficient (Wildman–Crippen LogP) is 0.724. The van der Waals surface area contributed by atoms with Crippen molar-refractivity contribution in [2.45, 2.75) is 37.4 Å². The van der Waals surface area contributed by atoms with Gasteiger partial charge in [-0.1, -0.05) is 6.42 Å². The van der Waals surface area contributed by atoms with Gasteiger partial charge in [-0.15, -0.1) is 0 Å². The molecule has 0 aromatic heterocycles. The van der Waals surface area contributed by atoms with E-state index in [4.69, 9.17) is 0 Å². The third-order valence-corrected chi connectivity index (χ3v) is 3.60. The van der Waals surface area contributed by atoms with E-state index in [0.717, 1.165) is 12.8 Å². The Kier molecular flexibility index (Phi) is 2.79. The fourth-order valence-electron chi connectivity index (χ4n) is 2.77. The van der Waals surface area contributed by atoms with Crippen molar-refractivity contribution >= 4 is 11.8 Å². The van der Waals surface area contributed by atoms with Crippen LogP contribution >= 0.6 is 0 Å². The van der Waals surface area contributed by atoms with Crippen molar-refractivity contribution in [2.75, 3.05) is 6.54 Å². The minimum atomic E-state index is -4.87. The lowest BCUT2D eigenvalue weighted by Gasteiger charge is -2.29. The summed E-state index contributed by atoms with van der Waals surface area (Å²) in [5.74, 6) is -2.04. The number of alkyl halides is 3. The zero-order valence-electron chi connectivity index (χ0n) is 9.06. The molecular formula is C10H13F3N2O2. The van der Waals surface area contributed by atoms with Crippen LogP contribution in [0.5, 0.6) is 0 Å². The maximum atomic E-state index is 12.0. The van der Waals surface area contributed by atoms with E-state index in [1.54, 1.807) is 0 Å². The maximum Gasteiger partial charge on any atom is 0.471 e. The number of hydrogen-bond donors (Lipinski definition) is 2. The first-order valence-corrected chi connectivity index (χ1v) is 5.49. The Morgan fingerprint density at radius 2 is 2.24 bits per heavy atom. The lowest BCUT2D eigenvalue weighted by Crippen LogP contribution is -2.54. The second kappa shape index (κ2) is 3.89. The maximum absolute atomic E-state index is 12.0. The molecule has 0 radical (unpaired) electrons. The second-order valence-corrected chi connectivity index (χ2v) is 4.68. The second-order valence-electron chi connectivity index (χ2n) is 4.68. The SMILES string of the molecule is O=C1CC2CCCC2(CNC(=O)C(F)(F)F)N1. The molecule has 0 spiro atoms. The highest BCUT2D eigenvalue weighted by Crippen LogP contribution is 2.41. The van der Waals surface area contributed by atoms with Crippen LogP contribution in [0.3, 0.4) is 0 Å². The number of hydrogen-bond acceptors (Lipinski definition) is 2. The topological polar surface area (TPSA) is 58.2 Å². The lowest BCUT2D eigenvalue weighted by molar-refractivity contribution is -0.173. The summed E-state index contributed by atoms with van der Waals surface area (Å²) >= 11 is 0. The summed E-state index contributed by atoms with van der Waals surface area (Å²) in [7, 11) is 0. The molecule has 2 atom stereocenters. The Morgan fingerprint density at radius 1 is 1.53 bits per heavy atom. The zero-order chi connectivity index (χ0) is 12.7. The first-order valence-electron chi connectivity index (χ1n) is 5.49. The number of amides is 2. The van der Waals surface area contributed by atoms with Gasteiger partial charge in [0.25, 0.3) is 0 Å². The third-order valence-electron chi connectivity index (χ3n) is 3.60. The number of carbonyl (C=O) groups excluding carboxylic acids is 2. The molecule has 2 amide bonds. The predicted molar refractivity (Wildman–Crippen MR) is 51.9 cm³/mol. The van der Waals surface area contributed by atoms with Gasteiger partial charge in [0, 0.05) is 13.0 Å². The van der Waals surface area contributed by atoms with E-state index in [9.17, 15) is 22.8 Å². The highest BCUT2D eigenvalue weighted by Gasteiger charge is 2.50. The van der Waals surface area contributed by atoms with Crippen LogP contribution in [-0.4, -0.2) is 30.1 Å². The van der Waals surface area contributed by atoms with Crippen molar-refractivity contribution in [1.29, 1.82) is 0 Å². The smallest absolute Gasteiger partial charge is 0.349 e. The number of halogens is 3. The zero-order valence-corrected chi connectivity index (χ0v) is 9.06. The molecule has 17 heavy (non-hydrogen) atoms. The van der Waals surface area contributed by atoms with E-state index in [0.29, 0.717) is 12.8 Å². The highest BCUT2D eigenvalue weighted by molar-refractivity contribution is 5.83. The molecule has 1 aliphatic heterocycles. The van der Waals surface area contributed by atoms with Gasteiger partial charge in [0.1, 0.15) is 0 Å². The first kappa shape index (κ1) is 12.2. The molecule has 96 valence electrons. The molecule has 1 heterocycles. The number of rotatable bonds is 2. The number of nitrogens with one attached hydrogen (secondary N) is 2. The minimum Gasteiger partial charge on any atom is -0.349 e. The lowest BCUT2D eigenvalue weighted by atomic mass is 9.89. The molecule has 2 N–H and O–H groups in total. The van der Waals surface area contributed by atoms with Crippen LogP contribution in [0.25, 0.3) is 0 Å². The molecule has 2 unspecified atom stereocenters. The molecule has 0 bridgehead atoms. The Hall–Kier alpha value is -1.27. The summed E-state index contributed by atoms with van der Waals surface area (Å²) < 4.78 is 36.1. The number of fused-ring (bicyclic) bond motifs is 1. The first-order chi connectivity index (χ1) is 7.83. The fourth-order valence-corrected chi connectivity index (χ4v) is 2.77. The Balaban J connectivity index is 1.98. The van der Waals surface area contributed by atoms with E-state index in [2.05, 4.69) is 5.32 Å². The van der Waals surface area contributed by atoms with Crippen LogP contribution in [0, 0.1) is 5.92 Å². The summed E-state index contributed by atoms with van der Waals surface area (Å²) in [6.07, 6.45) is -2.20. The van der Waals surface area contributed by atoms with Crippen molar-refractivity contribution in [1.82, 2.24) is 10.6 Å². The van der Waals surface area contributed by atoms with Gasteiger partial charge < -0.3 is 10.6 Å². The molecule has 1 saturated heterocycles. The largest absolute Gasteiger partial charge is 0.471 e. The molecule has 1 saturated carbocycles. The molecule has 2 fully saturated rings. The van der Waals surface area contributed by atoms with Crippen LogP contribution in [0.15, 0.2) is 0 Å². The molecule has 1 aliphatic carbocycles. The van der Waals surface area contributed by atoms with Crippen LogP contribution in [0.1, 0.15) is 25.7 Å². The van der Waals surface area contributed by atoms with Gasteiger partial charge in [-0.25, -0.2) is 0 Å². The monoisotopic (exact) mass is 250 g/mol. The molecule has 0 aromatic carbocycles. The van der Waals surface area contributed by atoms with Gasteiger partial charge in [0.2, 0.25) is 5.91 Å². The summed E-state index contributed by atoms with van der Waals surface area (Å²) in [5.41, 5.74) is -0.655. The van der Waals surface area contributed by atoms with Crippen LogP contribution < -0.4 is 10.6 Å². The van der Waals surface area contributed by atoms with Crippen molar-refractivity contribution in [3.63, 3.8) is 0 Å². The Morgan fingerprint density at radius 3 is 2.88 bits per heavy atom. The Labute approximate surface area is 95.9 Å². The van der Waals surface area contributed by atoms with Crippen LogP contribution in [0.2, 0.25) is 0 Å². The van der Waals surface area contributed by atoms with Gasteiger partial charge in [-0.05, 0) is 18.8 Å². The van der Waals surface area contributed by atoms with Gasteiger partial charge in [-0.3, -0.25) is 9.59 Å². The molecule has 0 aromatic rings. The highest BCUT2D eigenvalue weighted by atomic mass is 19.4. The summed E-state index contributed by atoms with van der Waals surface area (Å²) in [5, 5.41) is 4.58. The minimum absolute atomic E-state index is 0.0449. The van der Waals surface area contributed by atoms with E-state index in [-0.39, 0.29) is 18.4 Å². The summed E-state index contributed by atoms with van der Waals surface area (Å²) in [6, 6.07) is 0. The van der Waals surface area contributed by atoms with Gasteiger partial charge in [-0.2, -0.15) is 13.2 Å². The standard InChI is InChI=1S/C10H13F3N2O2/c11-10(12,13)8(17)14-5-9-3-1-2-6(9)4-7(16)15-9/h6H,1-5H2,(H,14,17)(H,15,16). The average molecular weight is 250 g/mol. The Bertz CT molecular complexity index is 356. The molecule has 2 aliphatic rings. The van der Waals surface area contributed by atoms with Crippen LogP contribution in [0.4, 0.5) is 13.2 Å². The van der Waals surface area contributed by atoms with Crippen LogP contribution in [-0.2, 0) is 9.59 Å². The molecule has 4 nitrogen and oxygen atoms in total. The van der Waals surface area contributed by atoms with Gasteiger partial charge in [0.05, 0.1) is 5.54 Å². The quantitative estimate of drug-likeness (QED) is 0.758. The van der Waals surface area contributed by atoms with Crippen molar-refractivity contribution in [2.24, 2.45) is 5.92 Å². The van der Waals surface area contributed by atoms with E-state index in [1.807, 2.05) is 5.32 Å². The van der Waals surface area contributed by atoms with Gasteiger partial charge >= 0.3 is 12.1 Å². The van der Waals surface area contributed by atoms with E-state index < -0.39 is 17.6 Å². The van der Waals surface area contributed by atoms with Crippen molar-refractivity contribution in [3.8, 4) is 0 Å². The average Bonchev–Trinajstić information content (AvgIpc) is 2.68. The van der Waals surface area contributed by atoms with E-state index in [1.165, 1.54) is 0 Å². The summed E-state index contributed by atoms with van der Waals surface area (Å²) in [4.78, 5) is 22.0. The molecule has 2 rings (SSSR count).